The van der Waals surface area contributed by atoms with Crippen LogP contribution in [0.15, 0.2) is 24.4 Å². The first-order valence-corrected chi connectivity index (χ1v) is 6.32. The van der Waals surface area contributed by atoms with Gasteiger partial charge in [0.1, 0.15) is 5.52 Å². The SMILES string of the molecule is CCOC(=O)c1ccc2nc(N)c3c(C)cnn3c2c1. The number of nitrogens with zero attached hydrogens (tertiary/aromatic N) is 3. The van der Waals surface area contributed by atoms with E-state index < -0.39 is 0 Å². The van der Waals surface area contributed by atoms with Gasteiger partial charge in [-0.25, -0.2) is 14.3 Å². The molecule has 3 rings (SSSR count). The van der Waals surface area contributed by atoms with Gasteiger partial charge < -0.3 is 10.5 Å². The van der Waals surface area contributed by atoms with Crippen LogP contribution in [-0.4, -0.2) is 27.2 Å². The van der Waals surface area contributed by atoms with Gasteiger partial charge in [0, 0.05) is 0 Å². The highest BCUT2D eigenvalue weighted by Crippen LogP contribution is 2.23. The summed E-state index contributed by atoms with van der Waals surface area (Å²) in [6, 6.07) is 5.14. The van der Waals surface area contributed by atoms with Gasteiger partial charge in [0.2, 0.25) is 0 Å². The molecule has 2 aromatic heterocycles. The molecular formula is C14H14N4O2. The van der Waals surface area contributed by atoms with Gasteiger partial charge in [0.05, 0.1) is 29.4 Å². The van der Waals surface area contributed by atoms with Crippen LogP contribution in [0.25, 0.3) is 16.6 Å². The van der Waals surface area contributed by atoms with Crippen LogP contribution in [0.3, 0.4) is 0 Å². The molecule has 0 fully saturated rings. The standard InChI is InChI=1S/C14H14N4O2/c1-3-20-14(19)9-4-5-10-11(6-9)18-12(13(15)17-10)8(2)7-16-18/h4-7H,3H2,1-2H3,(H2,15,17). The maximum atomic E-state index is 11.8. The predicted molar refractivity (Wildman–Crippen MR) is 75.6 cm³/mol. The number of aromatic nitrogens is 3. The Kier molecular flexibility index (Phi) is 2.78. The summed E-state index contributed by atoms with van der Waals surface area (Å²) in [6.45, 7) is 4.03. The van der Waals surface area contributed by atoms with Gasteiger partial charge in [-0.15, -0.1) is 0 Å². The summed E-state index contributed by atoms with van der Waals surface area (Å²) in [4.78, 5) is 16.1. The lowest BCUT2D eigenvalue weighted by Crippen LogP contribution is -2.06. The molecule has 0 aliphatic rings. The monoisotopic (exact) mass is 270 g/mol. The summed E-state index contributed by atoms with van der Waals surface area (Å²) >= 11 is 0. The molecule has 0 atom stereocenters. The summed E-state index contributed by atoms with van der Waals surface area (Å²) in [7, 11) is 0. The molecule has 0 bridgehead atoms. The van der Waals surface area contributed by atoms with Crippen molar-refractivity contribution in [2.75, 3.05) is 12.3 Å². The third-order valence-corrected chi connectivity index (χ3v) is 3.15. The Morgan fingerprint density at radius 2 is 2.25 bits per heavy atom. The van der Waals surface area contributed by atoms with E-state index in [0.717, 1.165) is 16.6 Å². The first kappa shape index (κ1) is 12.4. The molecule has 0 unspecified atom stereocenters. The number of carbonyl (C=O) groups is 1. The molecular weight excluding hydrogens is 256 g/mol. The maximum Gasteiger partial charge on any atom is 0.338 e. The van der Waals surface area contributed by atoms with Crippen molar-refractivity contribution in [2.24, 2.45) is 0 Å². The minimum absolute atomic E-state index is 0.340. The van der Waals surface area contributed by atoms with Crippen LogP contribution < -0.4 is 5.73 Å². The number of rotatable bonds is 2. The Morgan fingerprint density at radius 1 is 1.45 bits per heavy atom. The highest BCUT2D eigenvalue weighted by Gasteiger charge is 2.13. The van der Waals surface area contributed by atoms with Crippen LogP contribution in [0.1, 0.15) is 22.8 Å². The topological polar surface area (TPSA) is 82.5 Å². The smallest absolute Gasteiger partial charge is 0.338 e. The Labute approximate surface area is 115 Å². The lowest BCUT2D eigenvalue weighted by molar-refractivity contribution is 0.0526. The fraction of sp³-hybridized carbons (Fsp3) is 0.214. The molecule has 0 spiro atoms. The lowest BCUT2D eigenvalue weighted by Gasteiger charge is -2.07. The van der Waals surface area contributed by atoms with E-state index >= 15 is 0 Å². The van der Waals surface area contributed by atoms with E-state index in [0.29, 0.717) is 23.5 Å². The summed E-state index contributed by atoms with van der Waals surface area (Å²) in [5.41, 5.74) is 9.54. The fourth-order valence-electron chi connectivity index (χ4n) is 2.24. The molecule has 6 nitrogen and oxygen atoms in total. The zero-order valence-electron chi connectivity index (χ0n) is 11.3. The van der Waals surface area contributed by atoms with Crippen LogP contribution in [0, 0.1) is 6.92 Å². The second kappa shape index (κ2) is 4.48. The van der Waals surface area contributed by atoms with Crippen molar-refractivity contribution < 1.29 is 9.53 Å². The second-order valence-electron chi connectivity index (χ2n) is 4.51. The largest absolute Gasteiger partial charge is 0.462 e. The number of hydrogen-bond acceptors (Lipinski definition) is 5. The van der Waals surface area contributed by atoms with Crippen molar-refractivity contribution in [1.82, 2.24) is 14.6 Å². The van der Waals surface area contributed by atoms with Gasteiger partial charge in [-0.1, -0.05) is 0 Å². The highest BCUT2D eigenvalue weighted by molar-refractivity contribution is 5.95. The molecule has 0 saturated heterocycles. The number of aryl methyl sites for hydroxylation is 1. The second-order valence-corrected chi connectivity index (χ2v) is 4.51. The lowest BCUT2D eigenvalue weighted by atomic mass is 10.2. The van der Waals surface area contributed by atoms with E-state index in [9.17, 15) is 4.79 Å². The van der Waals surface area contributed by atoms with Crippen LogP contribution in [0.5, 0.6) is 0 Å². The molecule has 0 saturated carbocycles. The first-order valence-electron chi connectivity index (χ1n) is 6.32. The molecule has 2 heterocycles. The first-order chi connectivity index (χ1) is 9.61. The molecule has 0 aliphatic carbocycles. The van der Waals surface area contributed by atoms with Crippen molar-refractivity contribution in [3.05, 3.63) is 35.5 Å². The van der Waals surface area contributed by atoms with Gasteiger partial charge in [0.15, 0.2) is 5.82 Å². The minimum atomic E-state index is -0.358. The van der Waals surface area contributed by atoms with E-state index in [2.05, 4.69) is 10.1 Å². The minimum Gasteiger partial charge on any atom is -0.462 e. The summed E-state index contributed by atoms with van der Waals surface area (Å²) < 4.78 is 6.71. The van der Waals surface area contributed by atoms with E-state index in [1.165, 1.54) is 0 Å². The highest BCUT2D eigenvalue weighted by atomic mass is 16.5. The molecule has 20 heavy (non-hydrogen) atoms. The maximum absolute atomic E-state index is 11.8. The van der Waals surface area contributed by atoms with E-state index in [1.54, 1.807) is 35.8 Å². The van der Waals surface area contributed by atoms with Crippen LogP contribution >= 0.6 is 0 Å². The number of fused-ring (bicyclic) bond motifs is 3. The fourth-order valence-corrected chi connectivity index (χ4v) is 2.24. The number of esters is 1. The molecule has 0 amide bonds. The van der Waals surface area contributed by atoms with Gasteiger partial charge in [0.25, 0.3) is 0 Å². The number of carbonyl (C=O) groups excluding carboxylic acids is 1. The predicted octanol–water partition coefficient (Wildman–Crippen LogP) is 1.95. The molecule has 6 heteroatoms. The van der Waals surface area contributed by atoms with Crippen molar-refractivity contribution in [2.45, 2.75) is 13.8 Å². The van der Waals surface area contributed by atoms with E-state index in [4.69, 9.17) is 10.5 Å². The quantitative estimate of drug-likeness (QED) is 0.720. The average molecular weight is 270 g/mol. The van der Waals surface area contributed by atoms with Gasteiger partial charge in [-0.2, -0.15) is 5.10 Å². The average Bonchev–Trinajstić information content (AvgIpc) is 2.82. The van der Waals surface area contributed by atoms with E-state index in [1.807, 2.05) is 6.92 Å². The third kappa shape index (κ3) is 1.77. The number of nitrogens with two attached hydrogens (primary N) is 1. The molecule has 0 radical (unpaired) electrons. The zero-order chi connectivity index (χ0) is 14.3. The Morgan fingerprint density at radius 3 is 3.00 bits per heavy atom. The summed E-state index contributed by atoms with van der Waals surface area (Å²) in [5.74, 6) is 0.0691. The number of anilines is 1. The molecule has 102 valence electrons. The van der Waals surface area contributed by atoms with Crippen molar-refractivity contribution >= 4 is 28.3 Å². The number of nitrogen functional groups attached to an aromatic ring is 1. The summed E-state index contributed by atoms with van der Waals surface area (Å²) in [6.07, 6.45) is 1.73. The third-order valence-electron chi connectivity index (χ3n) is 3.15. The van der Waals surface area contributed by atoms with Crippen molar-refractivity contribution in [3.63, 3.8) is 0 Å². The Balaban J connectivity index is 2.30. The number of hydrogen-bond donors (Lipinski definition) is 1. The van der Waals surface area contributed by atoms with Crippen LogP contribution in [0.2, 0.25) is 0 Å². The van der Waals surface area contributed by atoms with Gasteiger partial charge in [-0.05, 0) is 37.6 Å². The van der Waals surface area contributed by atoms with Gasteiger partial charge in [-0.3, -0.25) is 0 Å². The Bertz CT molecular complexity index is 823. The Hall–Kier alpha value is -2.63. The van der Waals surface area contributed by atoms with Crippen molar-refractivity contribution in [1.29, 1.82) is 0 Å². The molecule has 1 aromatic carbocycles. The normalized spacial score (nSPS) is 11.1. The number of ether oxygens (including phenoxy) is 1. The number of benzene rings is 1. The molecule has 2 N–H and O–H groups in total. The van der Waals surface area contributed by atoms with Gasteiger partial charge >= 0.3 is 5.97 Å². The molecule has 0 aliphatic heterocycles. The van der Waals surface area contributed by atoms with Crippen LogP contribution in [0.4, 0.5) is 5.82 Å². The zero-order valence-corrected chi connectivity index (χ0v) is 11.3. The summed E-state index contributed by atoms with van der Waals surface area (Å²) in [5, 5.41) is 4.30. The molecule has 3 aromatic rings. The van der Waals surface area contributed by atoms with Crippen molar-refractivity contribution in [3.8, 4) is 0 Å². The van der Waals surface area contributed by atoms with Crippen LogP contribution in [-0.2, 0) is 4.74 Å². The van der Waals surface area contributed by atoms with E-state index in [-0.39, 0.29) is 5.97 Å².